The smallest absolute Gasteiger partial charge is 0.198 e. The molecule has 26 heavy (non-hydrogen) atoms. The number of hydrogen-bond acceptors (Lipinski definition) is 4. The van der Waals surface area contributed by atoms with Crippen molar-refractivity contribution in [1.29, 1.82) is 0 Å². The molecule has 4 heteroatoms. The van der Waals surface area contributed by atoms with Gasteiger partial charge in [0.25, 0.3) is 0 Å². The number of allylic oxidation sites excluding steroid dienone is 1. The van der Waals surface area contributed by atoms with Crippen molar-refractivity contribution in [1.82, 2.24) is 4.90 Å². The highest BCUT2D eigenvalue weighted by Gasteiger charge is 2.37. The highest BCUT2D eigenvalue weighted by Crippen LogP contribution is 2.46. The van der Waals surface area contributed by atoms with Gasteiger partial charge in [-0.25, -0.2) is 0 Å². The van der Waals surface area contributed by atoms with E-state index >= 15 is 0 Å². The average molecular weight is 372 g/mol. The molecular formula is C22H29NO2S. The molecule has 0 atom stereocenters. The van der Waals surface area contributed by atoms with E-state index < -0.39 is 0 Å². The monoisotopic (exact) mass is 371 g/mol. The number of benzene rings is 1. The van der Waals surface area contributed by atoms with E-state index in [1.807, 2.05) is 38.8 Å². The maximum absolute atomic E-state index is 13.4. The normalized spacial score (nSPS) is 19.1. The van der Waals surface area contributed by atoms with Crippen LogP contribution in [0.25, 0.3) is 0 Å². The summed E-state index contributed by atoms with van der Waals surface area (Å²) < 4.78 is 0. The van der Waals surface area contributed by atoms with Crippen LogP contribution in [-0.4, -0.2) is 36.3 Å². The minimum absolute atomic E-state index is 0.00658. The van der Waals surface area contributed by atoms with Crippen molar-refractivity contribution in [2.45, 2.75) is 57.3 Å². The van der Waals surface area contributed by atoms with Crippen molar-refractivity contribution in [2.75, 3.05) is 19.8 Å². The number of aryl methyl sites for hydroxylation is 1. The Kier molecular flexibility index (Phi) is 5.08. The van der Waals surface area contributed by atoms with E-state index in [0.29, 0.717) is 11.1 Å². The van der Waals surface area contributed by atoms with E-state index in [4.69, 9.17) is 0 Å². The van der Waals surface area contributed by atoms with Gasteiger partial charge >= 0.3 is 0 Å². The fourth-order valence-corrected chi connectivity index (χ4v) is 5.54. The molecule has 3 nitrogen and oxygen atoms in total. The van der Waals surface area contributed by atoms with Gasteiger partial charge in [-0.3, -0.25) is 9.59 Å². The van der Waals surface area contributed by atoms with E-state index in [0.717, 1.165) is 36.1 Å². The molecule has 1 heterocycles. The zero-order valence-electron chi connectivity index (χ0n) is 16.7. The zero-order chi connectivity index (χ0) is 19.2. The summed E-state index contributed by atoms with van der Waals surface area (Å²) in [6.07, 6.45) is 4.62. The quantitative estimate of drug-likeness (QED) is 0.326. The molecule has 1 aromatic rings. The van der Waals surface area contributed by atoms with E-state index in [1.54, 1.807) is 11.1 Å². The van der Waals surface area contributed by atoms with Gasteiger partial charge in [0, 0.05) is 36.7 Å². The lowest BCUT2D eigenvalue weighted by Crippen LogP contribution is -2.27. The Hall–Kier alpha value is -1.55. The number of ketones is 2. The first kappa shape index (κ1) is 19.2. The molecule has 0 unspecified atom stereocenters. The summed E-state index contributed by atoms with van der Waals surface area (Å²) in [5.74, 6) is 1.04. The van der Waals surface area contributed by atoms with Gasteiger partial charge in [-0.05, 0) is 67.0 Å². The summed E-state index contributed by atoms with van der Waals surface area (Å²) in [4.78, 5) is 29.3. The van der Waals surface area contributed by atoms with Crippen LogP contribution in [0.2, 0.25) is 0 Å². The van der Waals surface area contributed by atoms with Crippen molar-refractivity contribution in [3.05, 3.63) is 40.1 Å². The third-order valence-corrected chi connectivity index (χ3v) is 6.69. The number of nitrogens with zero attached hydrogens (tertiary/aromatic N) is 1. The number of carbonyl (C=O) groups excluding carboxylic acids is 2. The summed E-state index contributed by atoms with van der Waals surface area (Å²) in [6, 6.07) is 1.99. The Labute approximate surface area is 161 Å². The number of carbonyl (C=O) groups is 2. The molecule has 140 valence electrons. The Balaban J connectivity index is 2.12. The molecule has 1 aliphatic heterocycles. The van der Waals surface area contributed by atoms with Crippen LogP contribution in [0, 0.1) is 19.8 Å². The Morgan fingerprint density at radius 2 is 1.88 bits per heavy atom. The van der Waals surface area contributed by atoms with E-state index in [2.05, 4.69) is 20.8 Å². The van der Waals surface area contributed by atoms with Gasteiger partial charge < -0.3 is 4.90 Å². The molecule has 0 amide bonds. The predicted octanol–water partition coefficient (Wildman–Crippen LogP) is 4.68. The van der Waals surface area contributed by atoms with Gasteiger partial charge in [0.1, 0.15) is 0 Å². The molecule has 1 fully saturated rings. The highest BCUT2D eigenvalue weighted by atomic mass is 32.2. The summed E-state index contributed by atoms with van der Waals surface area (Å²) in [7, 11) is 3.72. The second-order valence-corrected chi connectivity index (χ2v) is 9.63. The van der Waals surface area contributed by atoms with Crippen LogP contribution in [0.4, 0.5) is 0 Å². The van der Waals surface area contributed by atoms with Crippen LogP contribution >= 0.6 is 11.8 Å². The Morgan fingerprint density at radius 1 is 1.23 bits per heavy atom. The molecule has 1 aliphatic carbocycles. The standard InChI is InChI=1S/C22H29NO2S/c1-13-11-16(14(2)18-21(13)26-10-9-22(18,3)4)20(25)17(12-23(5)6)19(24)15-7-8-15/h11-12,15H,7-10H2,1-6H3/b17-12+. The Morgan fingerprint density at radius 3 is 2.46 bits per heavy atom. The minimum atomic E-state index is -0.120. The van der Waals surface area contributed by atoms with Crippen LogP contribution in [0.15, 0.2) is 22.7 Å². The molecule has 0 bridgehead atoms. The summed E-state index contributed by atoms with van der Waals surface area (Å²) >= 11 is 1.89. The number of hydrogen-bond donors (Lipinski definition) is 0. The summed E-state index contributed by atoms with van der Waals surface area (Å²) in [5, 5.41) is 0. The maximum Gasteiger partial charge on any atom is 0.198 e. The number of thioether (sulfide) groups is 1. The number of Topliss-reactive ketones (excluding diaryl/α,β-unsaturated/α-hetero) is 2. The fraction of sp³-hybridized carbons (Fsp3) is 0.545. The van der Waals surface area contributed by atoms with Crippen LogP contribution in [0.3, 0.4) is 0 Å². The first-order chi connectivity index (χ1) is 12.1. The van der Waals surface area contributed by atoms with Crippen molar-refractivity contribution in [3.63, 3.8) is 0 Å². The molecule has 3 rings (SSSR count). The van der Waals surface area contributed by atoms with Crippen LogP contribution in [0.5, 0.6) is 0 Å². The van der Waals surface area contributed by atoms with Gasteiger partial charge in [0.2, 0.25) is 0 Å². The SMILES string of the molecule is Cc1cc(C(=O)/C(=C/N(C)C)C(=O)C2CC2)c(C)c2c1SCCC2(C)C. The lowest BCUT2D eigenvalue weighted by atomic mass is 9.76. The molecule has 1 saturated carbocycles. The average Bonchev–Trinajstić information content (AvgIpc) is 3.38. The lowest BCUT2D eigenvalue weighted by molar-refractivity contribution is -0.116. The van der Waals surface area contributed by atoms with Gasteiger partial charge in [-0.2, -0.15) is 0 Å². The molecule has 0 saturated heterocycles. The molecule has 0 radical (unpaired) electrons. The van der Waals surface area contributed by atoms with Gasteiger partial charge in [0.05, 0.1) is 5.57 Å². The largest absolute Gasteiger partial charge is 0.383 e. The molecule has 0 spiro atoms. The fourth-order valence-electron chi connectivity index (χ4n) is 3.87. The minimum Gasteiger partial charge on any atom is -0.383 e. The molecule has 0 aromatic heterocycles. The first-order valence-electron chi connectivity index (χ1n) is 9.38. The van der Waals surface area contributed by atoms with Crippen molar-refractivity contribution in [2.24, 2.45) is 5.92 Å². The van der Waals surface area contributed by atoms with Crippen LogP contribution < -0.4 is 0 Å². The molecular weight excluding hydrogens is 342 g/mol. The van der Waals surface area contributed by atoms with Crippen molar-refractivity contribution >= 4 is 23.3 Å². The molecule has 0 N–H and O–H groups in total. The topological polar surface area (TPSA) is 37.4 Å². The number of rotatable bonds is 5. The van der Waals surface area contributed by atoms with Gasteiger partial charge in [-0.15, -0.1) is 11.8 Å². The van der Waals surface area contributed by atoms with E-state index in [9.17, 15) is 9.59 Å². The maximum atomic E-state index is 13.4. The van der Waals surface area contributed by atoms with E-state index in [-0.39, 0.29) is 22.9 Å². The summed E-state index contributed by atoms with van der Waals surface area (Å²) in [6.45, 7) is 8.66. The van der Waals surface area contributed by atoms with Crippen molar-refractivity contribution in [3.8, 4) is 0 Å². The molecule has 2 aliphatic rings. The zero-order valence-corrected chi connectivity index (χ0v) is 17.5. The van der Waals surface area contributed by atoms with E-state index in [1.165, 1.54) is 10.5 Å². The third kappa shape index (κ3) is 3.48. The predicted molar refractivity (Wildman–Crippen MR) is 108 cm³/mol. The highest BCUT2D eigenvalue weighted by molar-refractivity contribution is 7.99. The second-order valence-electron chi connectivity index (χ2n) is 8.53. The van der Waals surface area contributed by atoms with Gasteiger partial charge in [0.15, 0.2) is 11.6 Å². The number of fused-ring (bicyclic) bond motifs is 1. The van der Waals surface area contributed by atoms with Crippen molar-refractivity contribution < 1.29 is 9.59 Å². The third-order valence-electron chi connectivity index (χ3n) is 5.47. The first-order valence-corrected chi connectivity index (χ1v) is 10.4. The van der Waals surface area contributed by atoms with Crippen LogP contribution in [0.1, 0.15) is 60.2 Å². The van der Waals surface area contributed by atoms with Crippen LogP contribution in [-0.2, 0) is 10.2 Å². The lowest BCUT2D eigenvalue weighted by Gasteiger charge is -2.35. The second kappa shape index (κ2) is 6.88. The Bertz CT molecular complexity index is 801. The van der Waals surface area contributed by atoms with Gasteiger partial charge in [-0.1, -0.05) is 13.8 Å². The summed E-state index contributed by atoms with van der Waals surface area (Å²) in [5.41, 5.74) is 4.56. The molecule has 1 aromatic carbocycles.